The molecular formula is C23H18N2O4. The third kappa shape index (κ3) is 3.87. The number of hydrogen-bond acceptors (Lipinski definition) is 4. The van der Waals surface area contributed by atoms with Crippen LogP contribution < -0.4 is 15.4 Å². The smallest absolute Gasteiger partial charge is 0.258 e. The van der Waals surface area contributed by atoms with Gasteiger partial charge in [0.15, 0.2) is 0 Å². The molecule has 3 aromatic carbocycles. The summed E-state index contributed by atoms with van der Waals surface area (Å²) >= 11 is 0. The van der Waals surface area contributed by atoms with Gasteiger partial charge in [-0.3, -0.25) is 19.7 Å². The number of rotatable bonds is 6. The Balaban J connectivity index is 1.36. The maximum Gasteiger partial charge on any atom is 0.258 e. The molecule has 144 valence electrons. The van der Waals surface area contributed by atoms with E-state index in [2.05, 4.69) is 10.6 Å². The lowest BCUT2D eigenvalue weighted by atomic mass is 10.1. The summed E-state index contributed by atoms with van der Waals surface area (Å²) in [5, 5.41) is 4.97. The monoisotopic (exact) mass is 386 g/mol. The third-order valence-electron chi connectivity index (χ3n) is 4.62. The lowest BCUT2D eigenvalue weighted by Gasteiger charge is -2.12. The first kappa shape index (κ1) is 18.4. The highest BCUT2D eigenvalue weighted by Gasteiger charge is 2.27. The average Bonchev–Trinajstić information content (AvgIpc) is 3.05. The molecule has 1 aliphatic rings. The van der Waals surface area contributed by atoms with Crippen LogP contribution in [-0.4, -0.2) is 30.9 Å². The van der Waals surface area contributed by atoms with Crippen LogP contribution in [0.15, 0.2) is 72.8 Å². The van der Waals surface area contributed by atoms with Crippen LogP contribution in [0.3, 0.4) is 0 Å². The minimum atomic E-state index is -0.486. The molecule has 0 aromatic heterocycles. The van der Waals surface area contributed by atoms with E-state index < -0.39 is 11.8 Å². The van der Waals surface area contributed by atoms with E-state index in [-0.39, 0.29) is 17.0 Å². The Morgan fingerprint density at radius 3 is 2.38 bits per heavy atom. The van der Waals surface area contributed by atoms with Crippen molar-refractivity contribution in [3.05, 3.63) is 89.5 Å². The number of carbonyl (C=O) groups is 3. The van der Waals surface area contributed by atoms with Gasteiger partial charge >= 0.3 is 0 Å². The highest BCUT2D eigenvalue weighted by Crippen LogP contribution is 2.29. The minimum absolute atomic E-state index is 0.218. The van der Waals surface area contributed by atoms with Crippen LogP contribution in [0.25, 0.3) is 11.1 Å². The van der Waals surface area contributed by atoms with Crippen molar-refractivity contribution in [2.24, 2.45) is 0 Å². The van der Waals surface area contributed by atoms with Gasteiger partial charge in [0.2, 0.25) is 0 Å². The normalized spacial score (nSPS) is 12.3. The van der Waals surface area contributed by atoms with Crippen molar-refractivity contribution in [2.75, 3.05) is 13.2 Å². The number of amides is 3. The molecule has 3 aromatic rings. The first-order chi connectivity index (χ1) is 14.1. The molecule has 2 N–H and O–H groups in total. The van der Waals surface area contributed by atoms with Crippen LogP contribution in [0.4, 0.5) is 0 Å². The summed E-state index contributed by atoms with van der Waals surface area (Å²) in [5.74, 6) is -0.525. The zero-order valence-electron chi connectivity index (χ0n) is 15.5. The molecule has 0 atom stereocenters. The summed E-state index contributed by atoms with van der Waals surface area (Å²) in [5.41, 5.74) is 2.85. The van der Waals surface area contributed by atoms with Crippen LogP contribution in [0.5, 0.6) is 5.75 Å². The zero-order valence-corrected chi connectivity index (χ0v) is 15.5. The molecule has 0 fully saturated rings. The van der Waals surface area contributed by atoms with Gasteiger partial charge in [0, 0.05) is 11.1 Å². The van der Waals surface area contributed by atoms with Crippen LogP contribution in [-0.2, 0) is 0 Å². The number of fused-ring (bicyclic) bond motifs is 1. The molecule has 0 saturated heterocycles. The maximum absolute atomic E-state index is 12.3. The molecule has 0 spiro atoms. The van der Waals surface area contributed by atoms with E-state index in [0.717, 1.165) is 16.9 Å². The Morgan fingerprint density at radius 1 is 0.828 bits per heavy atom. The highest BCUT2D eigenvalue weighted by atomic mass is 16.5. The predicted octanol–water partition coefficient (Wildman–Crippen LogP) is 3.05. The van der Waals surface area contributed by atoms with Crippen molar-refractivity contribution >= 4 is 17.7 Å². The van der Waals surface area contributed by atoms with Crippen molar-refractivity contribution in [1.82, 2.24) is 10.6 Å². The molecule has 1 heterocycles. The summed E-state index contributed by atoms with van der Waals surface area (Å²) in [4.78, 5) is 35.7. The molecule has 29 heavy (non-hydrogen) atoms. The van der Waals surface area contributed by atoms with Crippen LogP contribution >= 0.6 is 0 Å². The summed E-state index contributed by atoms with van der Waals surface area (Å²) in [6, 6.07) is 22.1. The van der Waals surface area contributed by atoms with E-state index in [4.69, 9.17) is 4.74 Å². The van der Waals surface area contributed by atoms with Crippen LogP contribution in [0, 0.1) is 0 Å². The summed E-state index contributed by atoms with van der Waals surface area (Å²) < 4.78 is 5.86. The molecule has 3 amide bonds. The largest absolute Gasteiger partial charge is 0.491 e. The van der Waals surface area contributed by atoms with Gasteiger partial charge in [-0.15, -0.1) is 0 Å². The fourth-order valence-corrected chi connectivity index (χ4v) is 3.19. The number of carbonyl (C=O) groups excluding carboxylic acids is 3. The molecule has 6 heteroatoms. The molecule has 0 unspecified atom stereocenters. The molecular weight excluding hydrogens is 368 g/mol. The molecule has 0 aliphatic carbocycles. The number of ether oxygens (including phenoxy) is 1. The number of nitrogens with one attached hydrogen (secondary N) is 2. The average molecular weight is 386 g/mol. The molecule has 1 aliphatic heterocycles. The Labute approximate surface area is 167 Å². The number of para-hydroxylation sites is 1. The summed E-state index contributed by atoms with van der Waals surface area (Å²) in [6.07, 6.45) is 0. The van der Waals surface area contributed by atoms with Gasteiger partial charge in [0.05, 0.1) is 17.7 Å². The van der Waals surface area contributed by atoms with Gasteiger partial charge < -0.3 is 10.1 Å². The molecule has 0 radical (unpaired) electrons. The number of benzene rings is 3. The third-order valence-corrected chi connectivity index (χ3v) is 4.62. The van der Waals surface area contributed by atoms with E-state index in [9.17, 15) is 14.4 Å². The fraction of sp³-hybridized carbons (Fsp3) is 0.0870. The summed E-state index contributed by atoms with van der Waals surface area (Å²) in [6.45, 7) is 0.587. The fourth-order valence-electron chi connectivity index (χ4n) is 3.19. The Bertz CT molecular complexity index is 1090. The van der Waals surface area contributed by atoms with Crippen molar-refractivity contribution in [3.8, 4) is 16.9 Å². The molecule has 0 bridgehead atoms. The number of hydrogen-bond donors (Lipinski definition) is 2. The standard InChI is InChI=1S/C23H18N2O4/c26-21(16-10-11-18-19(14-16)23(28)25-22(18)27)24-12-13-29-20-9-5-4-8-17(20)15-6-2-1-3-7-15/h1-11,14H,12-13H2,(H,24,26)(H,25,27,28). The van der Waals surface area contributed by atoms with E-state index in [1.807, 2.05) is 54.6 Å². The highest BCUT2D eigenvalue weighted by molar-refractivity contribution is 6.22. The molecule has 0 saturated carbocycles. The maximum atomic E-state index is 12.3. The minimum Gasteiger partial charge on any atom is -0.491 e. The quantitative estimate of drug-likeness (QED) is 0.504. The van der Waals surface area contributed by atoms with Gasteiger partial charge in [0.1, 0.15) is 12.4 Å². The van der Waals surface area contributed by atoms with Crippen molar-refractivity contribution < 1.29 is 19.1 Å². The Hall–Kier alpha value is -3.93. The Morgan fingerprint density at radius 2 is 1.55 bits per heavy atom. The predicted molar refractivity (Wildman–Crippen MR) is 108 cm³/mol. The van der Waals surface area contributed by atoms with Crippen molar-refractivity contribution in [3.63, 3.8) is 0 Å². The summed E-state index contributed by atoms with van der Waals surface area (Å²) in [7, 11) is 0. The van der Waals surface area contributed by atoms with Gasteiger partial charge in [-0.2, -0.15) is 0 Å². The lowest BCUT2D eigenvalue weighted by molar-refractivity contribution is 0.0878. The van der Waals surface area contributed by atoms with Gasteiger partial charge in [0.25, 0.3) is 17.7 Å². The van der Waals surface area contributed by atoms with E-state index in [1.165, 1.54) is 18.2 Å². The van der Waals surface area contributed by atoms with Gasteiger partial charge in [-0.1, -0.05) is 48.5 Å². The molecule has 6 nitrogen and oxygen atoms in total. The molecule has 4 rings (SSSR count). The second-order valence-electron chi connectivity index (χ2n) is 6.51. The first-order valence-corrected chi connectivity index (χ1v) is 9.18. The van der Waals surface area contributed by atoms with E-state index >= 15 is 0 Å². The van der Waals surface area contributed by atoms with E-state index in [0.29, 0.717) is 18.7 Å². The second kappa shape index (κ2) is 7.98. The Kier molecular flexibility index (Phi) is 5.07. The second-order valence-corrected chi connectivity index (χ2v) is 6.51. The SMILES string of the molecule is O=C(NCCOc1ccccc1-c1ccccc1)c1ccc2c(c1)C(=O)NC2=O. The van der Waals surface area contributed by atoms with Crippen molar-refractivity contribution in [2.45, 2.75) is 0 Å². The lowest BCUT2D eigenvalue weighted by Crippen LogP contribution is -2.28. The van der Waals surface area contributed by atoms with Gasteiger partial charge in [-0.05, 0) is 29.8 Å². The van der Waals surface area contributed by atoms with E-state index in [1.54, 1.807) is 0 Å². The zero-order chi connectivity index (χ0) is 20.2. The van der Waals surface area contributed by atoms with Gasteiger partial charge in [-0.25, -0.2) is 0 Å². The number of imide groups is 1. The van der Waals surface area contributed by atoms with Crippen LogP contribution in [0.1, 0.15) is 31.1 Å². The topological polar surface area (TPSA) is 84.5 Å². The van der Waals surface area contributed by atoms with Crippen LogP contribution in [0.2, 0.25) is 0 Å². The first-order valence-electron chi connectivity index (χ1n) is 9.18. The van der Waals surface area contributed by atoms with Crippen molar-refractivity contribution in [1.29, 1.82) is 0 Å².